The molecule has 0 aliphatic heterocycles. The highest BCUT2D eigenvalue weighted by atomic mass is 14.5. The van der Waals surface area contributed by atoms with Crippen LogP contribution in [0.15, 0.2) is 30.3 Å². The Kier molecular flexibility index (Phi) is 15.0. The van der Waals surface area contributed by atoms with Crippen LogP contribution in [-0.4, -0.2) is 0 Å². The Morgan fingerprint density at radius 3 is 1.10 bits per heavy atom. The van der Waals surface area contributed by atoms with Gasteiger partial charge in [0.25, 0.3) is 0 Å². The summed E-state index contributed by atoms with van der Waals surface area (Å²) in [6, 6.07) is 10.3. The second kappa shape index (κ2) is 37.9. The normalized spacial score (nSPS) is 51.4. The first-order valence-corrected chi connectivity index (χ1v) is 29.2. The van der Waals surface area contributed by atoms with E-state index in [1.165, 1.54) is 110 Å². The molecule has 0 nitrogen and oxygen atoms in total. The van der Waals surface area contributed by atoms with Gasteiger partial charge in [-0.15, -0.1) is 0 Å². The fourth-order valence-electron chi connectivity index (χ4n) is 12.7. The lowest BCUT2D eigenvalue weighted by atomic mass is 9.51. The number of aryl methyl sites for hydroxylation is 1. The van der Waals surface area contributed by atoms with E-state index in [-0.39, 0.29) is 12.8 Å². The number of fused-ring (bicyclic) bond motifs is 2. The maximum atomic E-state index is 7.72. The Morgan fingerprint density at radius 1 is 0.423 bits per heavy atom. The topological polar surface area (TPSA) is 0 Å². The van der Waals surface area contributed by atoms with E-state index in [2.05, 4.69) is 46.8 Å². The zero-order valence-corrected chi connectivity index (χ0v) is 46.5. The average molecular weight is 1020 g/mol. The van der Waals surface area contributed by atoms with Crippen molar-refractivity contribution in [3.05, 3.63) is 35.9 Å². The van der Waals surface area contributed by atoms with Gasteiger partial charge in [0.1, 0.15) is 0 Å². The molecule has 0 amide bonds. The maximum Gasteiger partial charge on any atom is 0.0269 e. The second-order valence-corrected chi connectivity index (χ2v) is 22.4. The molecule has 12 aliphatic carbocycles. The van der Waals surface area contributed by atoms with Gasteiger partial charge in [-0.3, -0.25) is 0 Å². The van der Waals surface area contributed by atoms with Crippen molar-refractivity contribution in [2.45, 2.75) is 338 Å². The van der Waals surface area contributed by atoms with Crippen molar-refractivity contribution in [2.24, 2.45) is 76.4 Å². The molecule has 0 N–H and O–H groups in total. The smallest absolute Gasteiger partial charge is 0.0269 e. The van der Waals surface area contributed by atoms with Crippen LogP contribution in [0.1, 0.15) is 386 Å². The summed E-state index contributed by atoms with van der Waals surface area (Å²) >= 11 is 0. The van der Waals surface area contributed by atoms with E-state index in [1.54, 1.807) is 64.2 Å². The zero-order chi connectivity index (χ0) is 83.2. The molecule has 71 heavy (non-hydrogen) atoms. The summed E-state index contributed by atoms with van der Waals surface area (Å²) in [5, 5.41) is 0. The van der Waals surface area contributed by atoms with E-state index in [4.69, 9.17) is 49.3 Å². The van der Waals surface area contributed by atoms with Gasteiger partial charge >= 0.3 is 0 Å². The molecule has 414 valence electrons. The minimum absolute atomic E-state index is 0.0685. The van der Waals surface area contributed by atoms with Crippen molar-refractivity contribution in [3.8, 4) is 0 Å². The van der Waals surface area contributed by atoms with E-state index >= 15 is 0 Å². The Morgan fingerprint density at radius 2 is 0.803 bits per heavy atom. The fraction of sp³-hybridized carbons (Fsp3) is 0.915. The standard InChI is InChI=1S/C12H20.C9H16.2C8H16.C7H14.C7H8.2C7H14.C6H12/c1-2-12-10-4-8-3-9(6-10)7-11(12)5-8;1-2-9-5-3-8(7-9)4-6-9;2*1-2-8-6-4-3-5-7-8;2*1-7-5-3-2-4-6-7;2*1-2-7-5-3-4-6-7;1-6-4-2-3-5-6/h8-12H,2-7H2,1H3;8H,2-7H2,1H3;2*8H,2-7H2,1H3;7H,2-6H2,1H3;2-6H,1H3;2*7H,2-6H2,1H3;6H,2-5H2,1H3/i;;3D2,4D2,5D2,6D2,7D2;;2D2,3D2,4D2,5D2,6D2;;3D2,4D2,5D2,6D2;;2D2,3D2,4D2,5D2. The summed E-state index contributed by atoms with van der Waals surface area (Å²) in [4.78, 5) is 0. The predicted molar refractivity (Wildman–Crippen MR) is 319 cm³/mol. The van der Waals surface area contributed by atoms with Crippen LogP contribution in [0.2, 0.25) is 0 Å². The minimum atomic E-state index is -3.27. The van der Waals surface area contributed by atoms with Gasteiger partial charge in [-0.25, -0.2) is 0 Å². The number of benzene rings is 1. The van der Waals surface area contributed by atoms with Crippen LogP contribution >= 0.6 is 0 Å². The van der Waals surface area contributed by atoms with Crippen molar-refractivity contribution in [3.63, 3.8) is 0 Å². The fourth-order valence-corrected chi connectivity index (χ4v) is 12.7. The molecule has 6 bridgehead atoms. The quantitative estimate of drug-likeness (QED) is 0.266. The summed E-state index contributed by atoms with van der Waals surface area (Å²) < 4.78 is 271. The molecule has 12 aliphatic rings. The molecule has 0 saturated heterocycles. The highest BCUT2D eigenvalue weighted by molar-refractivity contribution is 5.11. The molecule has 12 saturated carbocycles. The van der Waals surface area contributed by atoms with Crippen LogP contribution in [0.25, 0.3) is 0 Å². The van der Waals surface area contributed by atoms with Gasteiger partial charge in [-0.05, 0) is 148 Å². The van der Waals surface area contributed by atoms with Crippen LogP contribution in [0.4, 0.5) is 0 Å². The monoisotopic (exact) mass is 1020 g/mol. The largest absolute Gasteiger partial charge is 0.0651 e. The number of rotatable bonds is 6. The molecule has 0 atom stereocenters. The lowest BCUT2D eigenvalue weighted by molar-refractivity contribution is -0.0376. The van der Waals surface area contributed by atoms with Crippen LogP contribution in [0.5, 0.6) is 0 Å². The van der Waals surface area contributed by atoms with Gasteiger partial charge in [0.15, 0.2) is 0 Å². The molecular weight excluding hydrogens is 853 g/mol. The third-order valence-corrected chi connectivity index (χ3v) is 17.2. The first-order chi connectivity index (χ1) is 48.2. The van der Waals surface area contributed by atoms with Crippen molar-refractivity contribution in [1.82, 2.24) is 0 Å². The van der Waals surface area contributed by atoms with E-state index in [0.717, 1.165) is 59.7 Å². The van der Waals surface area contributed by atoms with Gasteiger partial charge < -0.3 is 0 Å². The Hall–Kier alpha value is -0.780. The SMILES string of the molecule is CCC12CCC(CC1)C2.CCC1C2CC3CC(C2)CC1C3.CCC1CCCC1.CCC1CCCCC1.Cc1ccccc1.[2H]C1([2H])C(C)C([2H])([2H])C([2H])([2H])C([2H])([2H])C1([2H])[2H].[2H]C1([2H])C(C)C([2H])([2H])C([2H])([2H])C1([2H])[2H].[2H]C1([2H])C(CC)C([2H])([2H])C([2H])([2H])C([2H])([2H])C1([2H])[2H].[2H]C1([2H])C(CC)C([2H])([2H])C([2H])([2H])C1([2H])[2H]. The first-order valence-electron chi connectivity index (χ1n) is 47.2. The third kappa shape index (κ3) is 25.7. The van der Waals surface area contributed by atoms with Gasteiger partial charge in [-0.2, -0.15) is 0 Å². The van der Waals surface area contributed by atoms with Gasteiger partial charge in [0, 0.05) is 49.3 Å². The minimum Gasteiger partial charge on any atom is -0.0651 e. The number of hydrogen-bond donors (Lipinski definition) is 0. The molecule has 13 rings (SSSR count). The van der Waals surface area contributed by atoms with Crippen LogP contribution in [-0.2, 0) is 0 Å². The molecule has 1 aromatic rings. The molecule has 0 radical (unpaired) electrons. The Labute approximate surface area is 499 Å². The van der Waals surface area contributed by atoms with Gasteiger partial charge in [-0.1, -0.05) is 302 Å². The lowest BCUT2D eigenvalue weighted by Crippen LogP contribution is -2.44. The van der Waals surface area contributed by atoms with Crippen molar-refractivity contribution >= 4 is 0 Å². The van der Waals surface area contributed by atoms with E-state index in [1.807, 2.05) is 18.2 Å². The molecule has 0 unspecified atom stereocenters. The first kappa shape index (κ1) is 28.2. The molecule has 0 aromatic heterocycles. The highest BCUT2D eigenvalue weighted by Gasteiger charge is 2.47. The van der Waals surface area contributed by atoms with Gasteiger partial charge in [0.2, 0.25) is 0 Å². The van der Waals surface area contributed by atoms with Gasteiger partial charge in [0.05, 0.1) is 0 Å². The van der Waals surface area contributed by atoms with E-state index < -0.39 is 138 Å². The second-order valence-electron chi connectivity index (χ2n) is 22.4. The summed E-state index contributed by atoms with van der Waals surface area (Å²) in [5.74, 6) is 3.35. The Balaban J connectivity index is 0.000000258. The van der Waals surface area contributed by atoms with E-state index in [9.17, 15) is 0 Å². The molecule has 0 spiro atoms. The molecule has 12 fully saturated rings. The summed E-state index contributed by atoms with van der Waals surface area (Å²) in [6.07, 6.45) is -16.4. The van der Waals surface area contributed by atoms with Crippen molar-refractivity contribution in [2.75, 3.05) is 0 Å². The van der Waals surface area contributed by atoms with E-state index in [0.29, 0.717) is 0 Å². The third-order valence-electron chi connectivity index (χ3n) is 17.2. The molecule has 1 aromatic carbocycles. The maximum absolute atomic E-state index is 7.72. The Bertz CT molecular complexity index is 2780. The van der Waals surface area contributed by atoms with Crippen molar-refractivity contribution < 1.29 is 49.3 Å². The summed E-state index contributed by atoms with van der Waals surface area (Å²) in [5.41, 5.74) is 2.17. The zero-order valence-electron chi connectivity index (χ0n) is 82.5. The molecular formula is C71H130. The summed E-state index contributed by atoms with van der Waals surface area (Å²) in [6.45, 7) is 16.7. The highest BCUT2D eigenvalue weighted by Crippen LogP contribution is 2.57. The van der Waals surface area contributed by atoms with Crippen molar-refractivity contribution in [1.29, 1.82) is 0 Å². The lowest BCUT2D eigenvalue weighted by Gasteiger charge is -2.54. The molecule has 0 heterocycles. The summed E-state index contributed by atoms with van der Waals surface area (Å²) in [7, 11) is 0. The molecule has 0 heteroatoms. The number of hydrogen-bond acceptors (Lipinski definition) is 0. The van der Waals surface area contributed by atoms with Crippen LogP contribution in [0, 0.1) is 83.4 Å². The van der Waals surface area contributed by atoms with Crippen LogP contribution in [0.3, 0.4) is 0 Å². The van der Waals surface area contributed by atoms with Crippen LogP contribution < -0.4 is 0 Å². The predicted octanol–water partition coefficient (Wildman–Crippen LogP) is 24.4. The average Bonchev–Trinajstić information content (AvgIpc) is 1.67.